The Morgan fingerprint density at radius 2 is 2.08 bits per heavy atom. The molecule has 0 aromatic rings. The van der Waals surface area contributed by atoms with Gasteiger partial charge in [0, 0.05) is 7.11 Å². The summed E-state index contributed by atoms with van der Waals surface area (Å²) in [6.45, 7) is 2.22. The SMILES string of the molecule is CCC1CCC(C#N)(OC)CC1. The highest BCUT2D eigenvalue weighted by molar-refractivity contribution is 5.04. The van der Waals surface area contributed by atoms with Gasteiger partial charge in [0.05, 0.1) is 6.07 Å². The first-order chi connectivity index (χ1) is 5.76. The third-order valence-electron chi connectivity index (χ3n) is 3.08. The summed E-state index contributed by atoms with van der Waals surface area (Å²) in [7, 11) is 1.65. The van der Waals surface area contributed by atoms with Crippen molar-refractivity contribution in [2.75, 3.05) is 7.11 Å². The van der Waals surface area contributed by atoms with E-state index < -0.39 is 5.60 Å². The van der Waals surface area contributed by atoms with Crippen LogP contribution >= 0.6 is 0 Å². The van der Waals surface area contributed by atoms with E-state index in [9.17, 15) is 0 Å². The lowest BCUT2D eigenvalue weighted by Gasteiger charge is -2.33. The molecular formula is C10H17NO. The molecule has 0 aromatic heterocycles. The van der Waals surface area contributed by atoms with E-state index >= 15 is 0 Å². The summed E-state index contributed by atoms with van der Waals surface area (Å²) in [5.41, 5.74) is -0.453. The van der Waals surface area contributed by atoms with Gasteiger partial charge in [-0.25, -0.2) is 0 Å². The van der Waals surface area contributed by atoms with E-state index in [0.717, 1.165) is 31.6 Å². The van der Waals surface area contributed by atoms with Gasteiger partial charge in [-0.3, -0.25) is 0 Å². The van der Waals surface area contributed by atoms with Crippen LogP contribution in [0.4, 0.5) is 0 Å². The minimum Gasteiger partial charge on any atom is -0.363 e. The molecule has 0 heterocycles. The fourth-order valence-corrected chi connectivity index (χ4v) is 1.91. The van der Waals surface area contributed by atoms with Crippen LogP contribution < -0.4 is 0 Å². The maximum atomic E-state index is 8.93. The van der Waals surface area contributed by atoms with Crippen LogP contribution in [0.15, 0.2) is 0 Å². The Morgan fingerprint density at radius 3 is 2.42 bits per heavy atom. The van der Waals surface area contributed by atoms with Crippen LogP contribution in [-0.4, -0.2) is 12.7 Å². The largest absolute Gasteiger partial charge is 0.363 e. The Morgan fingerprint density at radius 1 is 1.50 bits per heavy atom. The Balaban J connectivity index is 2.49. The first-order valence-corrected chi connectivity index (χ1v) is 4.72. The molecule has 0 aliphatic heterocycles. The predicted molar refractivity (Wildman–Crippen MR) is 47.6 cm³/mol. The molecule has 0 radical (unpaired) electrons. The van der Waals surface area contributed by atoms with Crippen molar-refractivity contribution in [2.45, 2.75) is 44.6 Å². The highest BCUT2D eigenvalue weighted by atomic mass is 16.5. The lowest BCUT2D eigenvalue weighted by Crippen LogP contribution is -2.34. The van der Waals surface area contributed by atoms with Gasteiger partial charge in [-0.1, -0.05) is 13.3 Å². The van der Waals surface area contributed by atoms with Gasteiger partial charge in [0.1, 0.15) is 0 Å². The van der Waals surface area contributed by atoms with Gasteiger partial charge in [-0.15, -0.1) is 0 Å². The second-order valence-corrected chi connectivity index (χ2v) is 3.66. The zero-order valence-corrected chi connectivity index (χ0v) is 7.97. The summed E-state index contributed by atoms with van der Waals surface area (Å²) in [4.78, 5) is 0. The van der Waals surface area contributed by atoms with Crippen molar-refractivity contribution in [3.63, 3.8) is 0 Å². The van der Waals surface area contributed by atoms with Crippen LogP contribution in [0.1, 0.15) is 39.0 Å². The maximum Gasteiger partial charge on any atom is 0.153 e. The predicted octanol–water partition coefficient (Wildman–Crippen LogP) is 2.50. The van der Waals surface area contributed by atoms with E-state index in [1.807, 2.05) is 0 Å². The molecule has 0 bridgehead atoms. The van der Waals surface area contributed by atoms with E-state index in [2.05, 4.69) is 13.0 Å². The number of ether oxygens (including phenoxy) is 1. The Kier molecular flexibility index (Phi) is 3.11. The molecule has 0 atom stereocenters. The third kappa shape index (κ3) is 1.78. The summed E-state index contributed by atoms with van der Waals surface area (Å²) >= 11 is 0. The maximum absolute atomic E-state index is 8.93. The first kappa shape index (κ1) is 9.54. The monoisotopic (exact) mass is 167 g/mol. The first-order valence-electron chi connectivity index (χ1n) is 4.72. The molecule has 1 aliphatic rings. The number of nitrogens with zero attached hydrogens (tertiary/aromatic N) is 1. The van der Waals surface area contributed by atoms with E-state index in [-0.39, 0.29) is 0 Å². The molecule has 12 heavy (non-hydrogen) atoms. The smallest absolute Gasteiger partial charge is 0.153 e. The normalized spacial score (nSPS) is 35.9. The van der Waals surface area contributed by atoms with Crippen molar-refractivity contribution in [3.8, 4) is 6.07 Å². The van der Waals surface area contributed by atoms with E-state index in [1.54, 1.807) is 7.11 Å². The molecule has 0 N–H and O–H groups in total. The molecule has 0 aromatic carbocycles. The highest BCUT2D eigenvalue weighted by Crippen LogP contribution is 2.35. The molecule has 1 aliphatic carbocycles. The highest BCUT2D eigenvalue weighted by Gasteiger charge is 2.34. The van der Waals surface area contributed by atoms with Gasteiger partial charge in [0.2, 0.25) is 0 Å². The van der Waals surface area contributed by atoms with E-state index in [4.69, 9.17) is 10.00 Å². The van der Waals surface area contributed by atoms with Crippen molar-refractivity contribution in [3.05, 3.63) is 0 Å². The zero-order valence-electron chi connectivity index (χ0n) is 7.97. The van der Waals surface area contributed by atoms with Crippen LogP contribution in [0.25, 0.3) is 0 Å². The van der Waals surface area contributed by atoms with Gasteiger partial charge < -0.3 is 4.74 Å². The molecular weight excluding hydrogens is 150 g/mol. The van der Waals surface area contributed by atoms with Gasteiger partial charge in [0.25, 0.3) is 0 Å². The number of methoxy groups -OCH3 is 1. The fourth-order valence-electron chi connectivity index (χ4n) is 1.91. The van der Waals surface area contributed by atoms with Crippen LogP contribution in [0.2, 0.25) is 0 Å². The van der Waals surface area contributed by atoms with Crippen LogP contribution in [0, 0.1) is 17.2 Å². The number of rotatable bonds is 2. The van der Waals surface area contributed by atoms with E-state index in [0.29, 0.717) is 0 Å². The average molecular weight is 167 g/mol. The number of hydrogen-bond acceptors (Lipinski definition) is 2. The third-order valence-corrected chi connectivity index (χ3v) is 3.08. The van der Waals surface area contributed by atoms with Gasteiger partial charge in [-0.2, -0.15) is 5.26 Å². The summed E-state index contributed by atoms with van der Waals surface area (Å²) in [6, 6.07) is 2.29. The van der Waals surface area contributed by atoms with Gasteiger partial charge in [0.15, 0.2) is 5.60 Å². The van der Waals surface area contributed by atoms with Crippen molar-refractivity contribution in [2.24, 2.45) is 5.92 Å². The summed E-state index contributed by atoms with van der Waals surface area (Å²) in [6.07, 6.45) is 5.37. The lowest BCUT2D eigenvalue weighted by molar-refractivity contribution is -0.00343. The summed E-state index contributed by atoms with van der Waals surface area (Å²) in [5.74, 6) is 0.821. The van der Waals surface area contributed by atoms with Crippen molar-refractivity contribution in [1.82, 2.24) is 0 Å². The molecule has 0 unspecified atom stereocenters. The molecule has 0 spiro atoms. The second kappa shape index (κ2) is 3.91. The van der Waals surface area contributed by atoms with E-state index in [1.165, 1.54) is 6.42 Å². The number of nitriles is 1. The van der Waals surface area contributed by atoms with Crippen LogP contribution in [0.5, 0.6) is 0 Å². The lowest BCUT2D eigenvalue weighted by atomic mass is 9.78. The molecule has 1 rings (SSSR count). The summed E-state index contributed by atoms with van der Waals surface area (Å²) < 4.78 is 5.26. The van der Waals surface area contributed by atoms with Crippen molar-refractivity contribution >= 4 is 0 Å². The Hall–Kier alpha value is -0.550. The fraction of sp³-hybridized carbons (Fsp3) is 0.900. The average Bonchev–Trinajstić information content (AvgIpc) is 2.18. The quantitative estimate of drug-likeness (QED) is 0.633. The standard InChI is InChI=1S/C10H17NO/c1-3-9-4-6-10(8-11,12-2)7-5-9/h9H,3-7H2,1-2H3. The zero-order chi connectivity index (χ0) is 9.03. The van der Waals surface area contributed by atoms with Gasteiger partial charge in [-0.05, 0) is 31.6 Å². The minimum absolute atomic E-state index is 0.453. The van der Waals surface area contributed by atoms with Gasteiger partial charge >= 0.3 is 0 Å². The number of hydrogen-bond donors (Lipinski definition) is 0. The topological polar surface area (TPSA) is 33.0 Å². The Bertz CT molecular complexity index is 175. The van der Waals surface area contributed by atoms with Crippen molar-refractivity contribution < 1.29 is 4.74 Å². The minimum atomic E-state index is -0.453. The summed E-state index contributed by atoms with van der Waals surface area (Å²) in [5, 5.41) is 8.93. The second-order valence-electron chi connectivity index (χ2n) is 3.66. The Labute approximate surface area is 74.5 Å². The molecule has 0 amide bonds. The molecule has 2 nitrogen and oxygen atoms in total. The molecule has 68 valence electrons. The van der Waals surface area contributed by atoms with Crippen molar-refractivity contribution in [1.29, 1.82) is 5.26 Å². The molecule has 1 fully saturated rings. The van der Waals surface area contributed by atoms with Crippen LogP contribution in [-0.2, 0) is 4.74 Å². The molecule has 1 saturated carbocycles. The van der Waals surface area contributed by atoms with Crippen LogP contribution in [0.3, 0.4) is 0 Å². The molecule has 2 heteroatoms. The molecule has 0 saturated heterocycles.